The second-order valence-corrected chi connectivity index (χ2v) is 4.73. The third kappa shape index (κ3) is 2.25. The quantitative estimate of drug-likeness (QED) is 0.663. The zero-order valence-electron chi connectivity index (χ0n) is 9.39. The van der Waals surface area contributed by atoms with Crippen molar-refractivity contribution in [1.29, 1.82) is 0 Å². The summed E-state index contributed by atoms with van der Waals surface area (Å²) in [7, 11) is 0. The predicted molar refractivity (Wildman–Crippen MR) is 63.2 cm³/mol. The molecule has 0 bridgehead atoms. The molecule has 0 radical (unpaired) electrons. The van der Waals surface area contributed by atoms with Gasteiger partial charge >= 0.3 is 5.69 Å². The molecule has 0 amide bonds. The average molecular weight is 257 g/mol. The number of hydrogen-bond acceptors (Lipinski definition) is 4. The lowest BCUT2D eigenvalue weighted by molar-refractivity contribution is -0.385. The fourth-order valence-electron chi connectivity index (χ4n) is 2.05. The predicted octanol–water partition coefficient (Wildman–Crippen LogP) is 2.44. The van der Waals surface area contributed by atoms with Crippen LogP contribution in [0.25, 0.3) is 0 Å². The van der Waals surface area contributed by atoms with Crippen molar-refractivity contribution in [3.63, 3.8) is 0 Å². The molecule has 1 fully saturated rings. The Bertz CT molecular complexity index is 460. The van der Waals surface area contributed by atoms with Crippen molar-refractivity contribution in [3.8, 4) is 0 Å². The minimum absolute atomic E-state index is 0.00659. The molecule has 1 aliphatic rings. The second-order valence-electron chi connectivity index (χ2n) is 4.35. The Balaban J connectivity index is 2.42. The molecule has 1 unspecified atom stereocenters. The molecule has 92 valence electrons. The maximum atomic E-state index is 10.7. The number of halogens is 1. The molecule has 1 aliphatic carbocycles. The summed E-state index contributed by atoms with van der Waals surface area (Å²) in [5.74, 6) is 0.386. The van der Waals surface area contributed by atoms with Crippen LogP contribution < -0.4 is 0 Å². The van der Waals surface area contributed by atoms with Gasteiger partial charge in [0.05, 0.1) is 17.2 Å². The van der Waals surface area contributed by atoms with Gasteiger partial charge in [-0.2, -0.15) is 0 Å². The molecule has 0 spiro atoms. The minimum atomic E-state index is -0.544. The largest absolute Gasteiger partial charge is 0.396 e. The van der Waals surface area contributed by atoms with Crippen molar-refractivity contribution in [2.75, 3.05) is 6.61 Å². The second kappa shape index (κ2) is 4.58. The maximum absolute atomic E-state index is 10.7. The van der Waals surface area contributed by atoms with Gasteiger partial charge in [0, 0.05) is 5.92 Å². The molecule has 0 saturated heterocycles. The van der Waals surface area contributed by atoms with Crippen LogP contribution in [0.2, 0.25) is 5.02 Å². The van der Waals surface area contributed by atoms with Gasteiger partial charge in [-0.15, -0.1) is 0 Å². The number of aromatic nitrogens is 1. The van der Waals surface area contributed by atoms with E-state index in [4.69, 9.17) is 11.6 Å². The summed E-state index contributed by atoms with van der Waals surface area (Å²) in [6, 6.07) is 0. The van der Waals surface area contributed by atoms with E-state index in [1.165, 1.54) is 6.20 Å². The summed E-state index contributed by atoms with van der Waals surface area (Å²) in [6.07, 6.45) is 3.32. The third-order valence-corrected chi connectivity index (χ3v) is 3.68. The Morgan fingerprint density at radius 3 is 2.82 bits per heavy atom. The van der Waals surface area contributed by atoms with E-state index in [1.54, 1.807) is 6.92 Å². The highest BCUT2D eigenvalue weighted by atomic mass is 35.5. The van der Waals surface area contributed by atoms with Gasteiger partial charge in [0.25, 0.3) is 0 Å². The number of pyridine rings is 1. The summed E-state index contributed by atoms with van der Waals surface area (Å²) in [6.45, 7) is 1.72. The van der Waals surface area contributed by atoms with Gasteiger partial charge < -0.3 is 5.11 Å². The van der Waals surface area contributed by atoms with Crippen LogP contribution in [0.5, 0.6) is 0 Å². The molecular formula is C11H13ClN2O3. The molecule has 1 aromatic heterocycles. The number of nitrogens with zero attached hydrogens (tertiary/aromatic N) is 2. The van der Waals surface area contributed by atoms with Crippen LogP contribution in [-0.2, 0) is 0 Å². The Kier molecular flexibility index (Phi) is 3.31. The molecular weight excluding hydrogens is 244 g/mol. The lowest BCUT2D eigenvalue weighted by Crippen LogP contribution is -2.11. The first-order chi connectivity index (χ1) is 8.06. The number of aliphatic hydroxyl groups excluding tert-OH is 1. The molecule has 2 rings (SSSR count). The molecule has 1 saturated carbocycles. The van der Waals surface area contributed by atoms with Crippen LogP contribution in [0.4, 0.5) is 5.69 Å². The lowest BCUT2D eigenvalue weighted by atomic mass is 9.96. The summed E-state index contributed by atoms with van der Waals surface area (Å²) >= 11 is 5.96. The van der Waals surface area contributed by atoms with E-state index in [-0.39, 0.29) is 23.2 Å². The van der Waals surface area contributed by atoms with E-state index in [0.717, 1.165) is 12.8 Å². The Morgan fingerprint density at radius 2 is 2.35 bits per heavy atom. The zero-order valence-corrected chi connectivity index (χ0v) is 10.1. The van der Waals surface area contributed by atoms with Gasteiger partial charge in [-0.1, -0.05) is 11.6 Å². The summed E-state index contributed by atoms with van der Waals surface area (Å²) < 4.78 is 0. The van der Waals surface area contributed by atoms with Crippen molar-refractivity contribution in [2.45, 2.75) is 25.7 Å². The summed E-state index contributed by atoms with van der Waals surface area (Å²) in [5.41, 5.74) is 1.11. The fourth-order valence-corrected chi connectivity index (χ4v) is 2.26. The van der Waals surface area contributed by atoms with Crippen molar-refractivity contribution in [1.82, 2.24) is 4.98 Å². The molecule has 1 N–H and O–H groups in total. The molecule has 6 heteroatoms. The number of rotatable bonds is 4. The standard InChI is InChI=1S/C11H13ClN2O3/c1-6-10(12)9(14(16)17)4-13-11(6)8(5-15)7-2-3-7/h4,7-8,15H,2-3,5H2,1H3. The van der Waals surface area contributed by atoms with Crippen LogP contribution in [0, 0.1) is 23.0 Å². The normalized spacial score (nSPS) is 16.9. The average Bonchev–Trinajstić information content (AvgIpc) is 3.09. The highest BCUT2D eigenvalue weighted by molar-refractivity contribution is 6.33. The van der Waals surface area contributed by atoms with Crippen molar-refractivity contribution in [3.05, 3.63) is 32.6 Å². The highest BCUT2D eigenvalue weighted by Crippen LogP contribution is 2.44. The summed E-state index contributed by atoms with van der Waals surface area (Å²) in [5, 5.41) is 20.2. The zero-order chi connectivity index (χ0) is 12.6. The van der Waals surface area contributed by atoms with Crippen molar-refractivity contribution < 1.29 is 10.0 Å². The Morgan fingerprint density at radius 1 is 1.71 bits per heavy atom. The first-order valence-electron chi connectivity index (χ1n) is 5.46. The van der Waals surface area contributed by atoms with E-state index in [1.807, 2.05) is 0 Å². The van der Waals surface area contributed by atoms with Crippen LogP contribution in [0.15, 0.2) is 6.20 Å². The lowest BCUT2D eigenvalue weighted by Gasteiger charge is -2.15. The van der Waals surface area contributed by atoms with Crippen LogP contribution in [0.3, 0.4) is 0 Å². The van der Waals surface area contributed by atoms with E-state index in [2.05, 4.69) is 4.98 Å². The van der Waals surface area contributed by atoms with Crippen molar-refractivity contribution >= 4 is 17.3 Å². The molecule has 1 aromatic rings. The smallest absolute Gasteiger partial charge is 0.306 e. The van der Waals surface area contributed by atoms with E-state index in [9.17, 15) is 15.2 Å². The van der Waals surface area contributed by atoms with E-state index >= 15 is 0 Å². The monoisotopic (exact) mass is 256 g/mol. The van der Waals surface area contributed by atoms with Crippen LogP contribution in [-0.4, -0.2) is 21.6 Å². The van der Waals surface area contributed by atoms with Crippen LogP contribution >= 0.6 is 11.6 Å². The van der Waals surface area contributed by atoms with Gasteiger partial charge in [-0.25, -0.2) is 0 Å². The number of nitro groups is 1. The van der Waals surface area contributed by atoms with Gasteiger partial charge in [-0.05, 0) is 31.2 Å². The molecule has 17 heavy (non-hydrogen) atoms. The number of aliphatic hydroxyl groups is 1. The van der Waals surface area contributed by atoms with Gasteiger partial charge in [0.2, 0.25) is 0 Å². The SMILES string of the molecule is Cc1c(C(CO)C2CC2)ncc([N+](=O)[O-])c1Cl. The molecule has 1 atom stereocenters. The number of hydrogen-bond donors (Lipinski definition) is 1. The Hall–Kier alpha value is -1.20. The van der Waals surface area contributed by atoms with E-state index < -0.39 is 4.92 Å². The van der Waals surface area contributed by atoms with Crippen LogP contribution in [0.1, 0.15) is 30.0 Å². The highest BCUT2D eigenvalue weighted by Gasteiger charge is 2.34. The minimum Gasteiger partial charge on any atom is -0.396 e. The third-order valence-electron chi connectivity index (χ3n) is 3.20. The first-order valence-corrected chi connectivity index (χ1v) is 5.84. The van der Waals surface area contributed by atoms with E-state index in [0.29, 0.717) is 17.2 Å². The molecule has 0 aromatic carbocycles. The molecule has 5 nitrogen and oxygen atoms in total. The van der Waals surface area contributed by atoms with Gasteiger partial charge in [0.15, 0.2) is 0 Å². The summed E-state index contributed by atoms with van der Waals surface area (Å²) in [4.78, 5) is 14.3. The van der Waals surface area contributed by atoms with Gasteiger partial charge in [0.1, 0.15) is 11.2 Å². The van der Waals surface area contributed by atoms with Gasteiger partial charge in [-0.3, -0.25) is 15.1 Å². The molecule has 1 heterocycles. The Labute approximate surface area is 104 Å². The maximum Gasteiger partial charge on any atom is 0.306 e. The fraction of sp³-hybridized carbons (Fsp3) is 0.545. The topological polar surface area (TPSA) is 76.3 Å². The molecule has 0 aliphatic heterocycles. The van der Waals surface area contributed by atoms with Crippen molar-refractivity contribution in [2.24, 2.45) is 5.92 Å². The first kappa shape index (κ1) is 12.3.